The van der Waals surface area contributed by atoms with Crippen molar-refractivity contribution in [3.63, 3.8) is 0 Å². The third-order valence-electron chi connectivity index (χ3n) is 4.94. The number of hydrogen-bond acceptors (Lipinski definition) is 6. The lowest BCUT2D eigenvalue weighted by molar-refractivity contribution is 0.634. The van der Waals surface area contributed by atoms with Crippen LogP contribution in [-0.2, 0) is 0 Å². The Hall–Kier alpha value is -3.19. The van der Waals surface area contributed by atoms with Gasteiger partial charge < -0.3 is 9.80 Å². The average Bonchev–Trinajstić information content (AvgIpc) is 3.23. The number of piperazine rings is 1. The molecule has 0 amide bonds. The fourth-order valence-corrected chi connectivity index (χ4v) is 3.78. The first-order valence-electron chi connectivity index (χ1n) is 9.16. The van der Waals surface area contributed by atoms with Crippen molar-refractivity contribution < 1.29 is 0 Å². The molecular formula is C20H18ClN7. The van der Waals surface area contributed by atoms with Crippen molar-refractivity contribution in [1.29, 1.82) is 0 Å². The van der Waals surface area contributed by atoms with E-state index in [4.69, 9.17) is 11.6 Å². The van der Waals surface area contributed by atoms with E-state index in [2.05, 4.69) is 48.0 Å². The molecule has 0 radical (unpaired) electrons. The summed E-state index contributed by atoms with van der Waals surface area (Å²) in [5.41, 5.74) is 1.96. The van der Waals surface area contributed by atoms with Crippen LogP contribution in [0, 0.1) is 0 Å². The first-order valence-corrected chi connectivity index (χ1v) is 9.54. The van der Waals surface area contributed by atoms with E-state index in [1.54, 1.807) is 17.0 Å². The molecule has 140 valence electrons. The highest BCUT2D eigenvalue weighted by Crippen LogP contribution is 2.27. The van der Waals surface area contributed by atoms with Crippen LogP contribution in [0.2, 0.25) is 5.02 Å². The summed E-state index contributed by atoms with van der Waals surface area (Å²) >= 11 is 6.31. The lowest BCUT2D eigenvalue weighted by Gasteiger charge is -2.36. The van der Waals surface area contributed by atoms with Crippen LogP contribution in [0.25, 0.3) is 17.0 Å². The molecule has 0 N–H and O–H groups in total. The fraction of sp³-hybridized carbons (Fsp3) is 0.200. The van der Waals surface area contributed by atoms with Crippen molar-refractivity contribution in [2.45, 2.75) is 0 Å². The Bertz CT molecular complexity index is 1100. The topological polar surface area (TPSA) is 62.5 Å². The van der Waals surface area contributed by atoms with E-state index >= 15 is 0 Å². The van der Waals surface area contributed by atoms with Crippen LogP contribution in [0.15, 0.2) is 61.1 Å². The second kappa shape index (κ2) is 7.09. The van der Waals surface area contributed by atoms with Gasteiger partial charge in [-0.1, -0.05) is 41.9 Å². The molecule has 0 atom stereocenters. The molecule has 5 rings (SSSR count). The van der Waals surface area contributed by atoms with Gasteiger partial charge >= 0.3 is 0 Å². The first-order chi connectivity index (χ1) is 13.8. The van der Waals surface area contributed by atoms with Gasteiger partial charge in [0.25, 0.3) is 5.78 Å². The van der Waals surface area contributed by atoms with Crippen LogP contribution in [0.3, 0.4) is 0 Å². The Labute approximate surface area is 167 Å². The minimum Gasteiger partial charge on any atom is -0.353 e. The summed E-state index contributed by atoms with van der Waals surface area (Å²) in [6, 6.07) is 16.0. The molecule has 4 heterocycles. The van der Waals surface area contributed by atoms with Gasteiger partial charge in [0.2, 0.25) is 0 Å². The van der Waals surface area contributed by atoms with Gasteiger partial charge in [-0.25, -0.2) is 9.97 Å². The first kappa shape index (κ1) is 16.9. The fourth-order valence-electron chi connectivity index (χ4n) is 3.54. The molecule has 1 aliphatic rings. The SMILES string of the molecule is Clc1cccnc1N1CCN(c2cc(-c3ccccc3)nc3ncnn23)CC1. The molecule has 1 aromatic carbocycles. The predicted molar refractivity (Wildman–Crippen MR) is 110 cm³/mol. The van der Waals surface area contributed by atoms with Crippen molar-refractivity contribution >= 4 is 29.0 Å². The van der Waals surface area contributed by atoms with E-state index in [0.717, 1.165) is 49.1 Å². The molecule has 0 bridgehead atoms. The molecule has 1 fully saturated rings. The summed E-state index contributed by atoms with van der Waals surface area (Å²) in [5, 5.41) is 5.06. The molecule has 7 nitrogen and oxygen atoms in total. The summed E-state index contributed by atoms with van der Waals surface area (Å²) in [6.07, 6.45) is 3.33. The van der Waals surface area contributed by atoms with E-state index in [-0.39, 0.29) is 0 Å². The summed E-state index contributed by atoms with van der Waals surface area (Å²) in [7, 11) is 0. The Morgan fingerprint density at radius 2 is 1.64 bits per heavy atom. The van der Waals surface area contributed by atoms with E-state index < -0.39 is 0 Å². The lowest BCUT2D eigenvalue weighted by atomic mass is 10.1. The maximum atomic E-state index is 6.31. The van der Waals surface area contributed by atoms with Crippen LogP contribution in [0.1, 0.15) is 0 Å². The number of pyridine rings is 1. The van der Waals surface area contributed by atoms with Crippen molar-refractivity contribution in [1.82, 2.24) is 24.6 Å². The van der Waals surface area contributed by atoms with Crippen LogP contribution < -0.4 is 9.80 Å². The maximum absolute atomic E-state index is 6.31. The van der Waals surface area contributed by atoms with Crippen molar-refractivity contribution in [3.05, 3.63) is 66.1 Å². The van der Waals surface area contributed by atoms with E-state index in [0.29, 0.717) is 10.8 Å². The van der Waals surface area contributed by atoms with Gasteiger partial charge in [0.1, 0.15) is 18.0 Å². The third-order valence-corrected chi connectivity index (χ3v) is 5.24. The summed E-state index contributed by atoms with van der Waals surface area (Å²) < 4.78 is 1.80. The number of hydrogen-bond donors (Lipinski definition) is 0. The number of anilines is 2. The van der Waals surface area contributed by atoms with Gasteiger partial charge in [-0.2, -0.15) is 14.6 Å². The number of aromatic nitrogens is 5. The van der Waals surface area contributed by atoms with Crippen LogP contribution in [0.5, 0.6) is 0 Å². The summed E-state index contributed by atoms with van der Waals surface area (Å²) in [4.78, 5) is 17.9. The normalized spacial score (nSPS) is 14.6. The van der Waals surface area contributed by atoms with Gasteiger partial charge in [-0.05, 0) is 12.1 Å². The molecule has 1 aliphatic heterocycles. The second-order valence-corrected chi connectivity index (χ2v) is 7.03. The number of nitrogens with zero attached hydrogens (tertiary/aromatic N) is 7. The van der Waals surface area contributed by atoms with Gasteiger partial charge in [-0.3, -0.25) is 0 Å². The highest BCUT2D eigenvalue weighted by molar-refractivity contribution is 6.32. The zero-order valence-electron chi connectivity index (χ0n) is 15.1. The highest BCUT2D eigenvalue weighted by Gasteiger charge is 2.22. The minimum absolute atomic E-state index is 0.603. The molecule has 3 aromatic heterocycles. The molecule has 0 spiro atoms. The van der Waals surface area contributed by atoms with Crippen molar-refractivity contribution in [2.24, 2.45) is 0 Å². The molecule has 28 heavy (non-hydrogen) atoms. The van der Waals surface area contributed by atoms with Gasteiger partial charge in [-0.15, -0.1) is 0 Å². The second-order valence-electron chi connectivity index (χ2n) is 6.62. The Morgan fingerprint density at radius 1 is 0.857 bits per heavy atom. The summed E-state index contributed by atoms with van der Waals surface area (Å²) in [5.74, 6) is 2.44. The molecule has 4 aromatic rings. The smallest absolute Gasteiger partial charge is 0.254 e. The van der Waals surface area contributed by atoms with E-state index in [1.165, 1.54) is 0 Å². The van der Waals surface area contributed by atoms with E-state index in [1.807, 2.05) is 30.3 Å². The largest absolute Gasteiger partial charge is 0.353 e. The highest BCUT2D eigenvalue weighted by atomic mass is 35.5. The maximum Gasteiger partial charge on any atom is 0.254 e. The molecule has 8 heteroatoms. The molecular weight excluding hydrogens is 374 g/mol. The number of benzene rings is 1. The molecule has 0 saturated carbocycles. The van der Waals surface area contributed by atoms with Crippen molar-refractivity contribution in [3.8, 4) is 11.3 Å². The number of fused-ring (bicyclic) bond motifs is 1. The standard InChI is InChI=1S/C20H18ClN7/c21-16-7-4-8-22-19(16)27-11-9-26(10-12-27)18-13-17(15-5-2-1-3-6-15)25-20-23-14-24-28(18)20/h1-8,13-14H,9-12H2. The van der Waals surface area contributed by atoms with Crippen LogP contribution in [-0.4, -0.2) is 50.7 Å². The van der Waals surface area contributed by atoms with Crippen LogP contribution >= 0.6 is 11.6 Å². The quantitative estimate of drug-likeness (QED) is 0.534. The number of halogens is 1. The summed E-state index contributed by atoms with van der Waals surface area (Å²) in [6.45, 7) is 3.33. The van der Waals surface area contributed by atoms with Gasteiger partial charge in [0, 0.05) is 44.0 Å². The van der Waals surface area contributed by atoms with Gasteiger partial charge in [0.15, 0.2) is 0 Å². The Kier molecular flexibility index (Phi) is 4.29. The van der Waals surface area contributed by atoms with Crippen LogP contribution in [0.4, 0.5) is 11.6 Å². The molecule has 0 unspecified atom stereocenters. The Morgan fingerprint density at radius 3 is 2.43 bits per heavy atom. The molecule has 1 saturated heterocycles. The lowest BCUT2D eigenvalue weighted by Crippen LogP contribution is -2.47. The predicted octanol–water partition coefficient (Wildman–Crippen LogP) is 3.17. The van der Waals surface area contributed by atoms with E-state index in [9.17, 15) is 0 Å². The Balaban J connectivity index is 1.45. The average molecular weight is 392 g/mol. The minimum atomic E-state index is 0.603. The monoisotopic (exact) mass is 391 g/mol. The zero-order chi connectivity index (χ0) is 18.9. The van der Waals surface area contributed by atoms with Crippen molar-refractivity contribution in [2.75, 3.05) is 36.0 Å². The number of rotatable bonds is 3. The zero-order valence-corrected chi connectivity index (χ0v) is 15.9. The molecule has 0 aliphatic carbocycles. The van der Waals surface area contributed by atoms with Gasteiger partial charge in [0.05, 0.1) is 10.7 Å². The third kappa shape index (κ3) is 3.03.